The molecule has 28 heavy (non-hydrogen) atoms. The summed E-state index contributed by atoms with van der Waals surface area (Å²) in [4.78, 5) is 27.3. The molecule has 1 aliphatic heterocycles. The molecule has 1 heterocycles. The van der Waals surface area contributed by atoms with E-state index >= 15 is 0 Å². The number of nitrogens with zero attached hydrogens (tertiary/aromatic N) is 1. The van der Waals surface area contributed by atoms with Crippen LogP contribution in [0, 0.1) is 6.92 Å². The molecule has 1 atom stereocenters. The minimum Gasteiger partial charge on any atom is -0.322 e. The van der Waals surface area contributed by atoms with E-state index in [1.807, 2.05) is 85.8 Å². The molecule has 1 unspecified atom stereocenters. The third kappa shape index (κ3) is 3.60. The van der Waals surface area contributed by atoms with Crippen LogP contribution in [0.1, 0.15) is 22.7 Å². The highest BCUT2D eigenvalue weighted by molar-refractivity contribution is 6.07. The Morgan fingerprint density at radius 2 is 1.61 bits per heavy atom. The Hall–Kier alpha value is -3.60. The minimum atomic E-state index is -0.703. The Kier molecular flexibility index (Phi) is 4.81. The topological polar surface area (TPSA) is 61.4 Å². The first-order valence-corrected chi connectivity index (χ1v) is 9.20. The molecule has 140 valence electrons. The summed E-state index contributed by atoms with van der Waals surface area (Å²) in [5, 5.41) is 5.61. The minimum absolute atomic E-state index is 0.135. The normalized spacial score (nSPS) is 15.2. The van der Waals surface area contributed by atoms with Crippen molar-refractivity contribution in [2.45, 2.75) is 19.5 Å². The second-order valence-electron chi connectivity index (χ2n) is 6.87. The maximum absolute atomic E-state index is 13.1. The second kappa shape index (κ2) is 7.56. The van der Waals surface area contributed by atoms with Crippen LogP contribution < -0.4 is 15.5 Å². The van der Waals surface area contributed by atoms with Gasteiger partial charge in [-0.05, 0) is 30.7 Å². The van der Waals surface area contributed by atoms with E-state index in [2.05, 4.69) is 10.6 Å². The van der Waals surface area contributed by atoms with Crippen LogP contribution in [0.25, 0.3) is 0 Å². The lowest BCUT2D eigenvalue weighted by Gasteiger charge is -2.18. The third-order valence-corrected chi connectivity index (χ3v) is 4.82. The van der Waals surface area contributed by atoms with E-state index in [9.17, 15) is 9.59 Å². The molecule has 5 heteroatoms. The van der Waals surface area contributed by atoms with Gasteiger partial charge in [0.05, 0.1) is 6.54 Å². The number of urea groups is 1. The van der Waals surface area contributed by atoms with Crippen molar-refractivity contribution in [2.24, 2.45) is 0 Å². The van der Waals surface area contributed by atoms with Crippen molar-refractivity contribution in [3.05, 3.63) is 95.6 Å². The van der Waals surface area contributed by atoms with Crippen molar-refractivity contribution in [2.75, 3.05) is 10.2 Å². The van der Waals surface area contributed by atoms with E-state index in [1.165, 1.54) is 0 Å². The fourth-order valence-electron chi connectivity index (χ4n) is 3.39. The highest BCUT2D eigenvalue weighted by Gasteiger charge is 2.37. The summed E-state index contributed by atoms with van der Waals surface area (Å²) in [5.74, 6) is -0.135. The molecule has 0 radical (unpaired) electrons. The maximum Gasteiger partial charge on any atom is 0.320 e. The average molecular weight is 371 g/mol. The number of rotatable bonds is 4. The van der Waals surface area contributed by atoms with Crippen molar-refractivity contribution in [3.8, 4) is 0 Å². The van der Waals surface area contributed by atoms with Crippen molar-refractivity contribution in [3.63, 3.8) is 0 Å². The zero-order chi connectivity index (χ0) is 19.5. The Labute approximate surface area is 164 Å². The number of anilines is 2. The SMILES string of the molecule is Cc1ccc(NC(=O)NC2C(=O)N(Cc3ccccc3)c3ccccc32)cc1. The largest absolute Gasteiger partial charge is 0.322 e. The van der Waals surface area contributed by atoms with Crippen molar-refractivity contribution >= 4 is 23.3 Å². The predicted molar refractivity (Wildman–Crippen MR) is 110 cm³/mol. The average Bonchev–Trinajstić information content (AvgIpc) is 2.96. The second-order valence-corrected chi connectivity index (χ2v) is 6.87. The van der Waals surface area contributed by atoms with Crippen LogP contribution in [0.5, 0.6) is 0 Å². The molecule has 0 saturated heterocycles. The number of nitrogens with one attached hydrogen (secondary N) is 2. The molecule has 5 nitrogen and oxygen atoms in total. The van der Waals surface area contributed by atoms with Crippen LogP contribution in [0.4, 0.5) is 16.2 Å². The fraction of sp³-hybridized carbons (Fsp3) is 0.130. The number of hydrogen-bond acceptors (Lipinski definition) is 2. The molecule has 1 aliphatic rings. The molecule has 0 spiro atoms. The number of carbonyl (C=O) groups is 2. The van der Waals surface area contributed by atoms with Gasteiger partial charge in [0.2, 0.25) is 0 Å². The Morgan fingerprint density at radius 1 is 0.929 bits per heavy atom. The molecule has 2 N–H and O–H groups in total. The molecule has 4 rings (SSSR count). The van der Waals surface area contributed by atoms with Gasteiger partial charge in [0.15, 0.2) is 0 Å². The molecule has 0 aliphatic carbocycles. The summed E-state index contributed by atoms with van der Waals surface area (Å²) >= 11 is 0. The van der Waals surface area contributed by atoms with E-state index in [0.717, 1.165) is 22.4 Å². The molecule has 0 fully saturated rings. The number of para-hydroxylation sites is 1. The summed E-state index contributed by atoms with van der Waals surface area (Å²) < 4.78 is 0. The van der Waals surface area contributed by atoms with Gasteiger partial charge in [0.1, 0.15) is 6.04 Å². The number of aryl methyl sites for hydroxylation is 1. The molecule has 3 amide bonds. The van der Waals surface area contributed by atoms with Gasteiger partial charge >= 0.3 is 6.03 Å². The monoisotopic (exact) mass is 371 g/mol. The summed E-state index contributed by atoms with van der Waals surface area (Å²) in [6, 6.07) is 23.8. The van der Waals surface area contributed by atoms with Crippen LogP contribution in [0.15, 0.2) is 78.9 Å². The smallest absolute Gasteiger partial charge is 0.320 e. The van der Waals surface area contributed by atoms with E-state index in [4.69, 9.17) is 0 Å². The molecule has 0 saturated carbocycles. The molecule has 0 aromatic heterocycles. The van der Waals surface area contributed by atoms with E-state index in [1.54, 1.807) is 4.90 Å². The zero-order valence-corrected chi connectivity index (χ0v) is 15.6. The van der Waals surface area contributed by atoms with E-state index < -0.39 is 12.1 Å². The van der Waals surface area contributed by atoms with Gasteiger partial charge in [-0.3, -0.25) is 4.79 Å². The van der Waals surface area contributed by atoms with Gasteiger partial charge in [-0.2, -0.15) is 0 Å². The van der Waals surface area contributed by atoms with Gasteiger partial charge in [-0.15, -0.1) is 0 Å². The zero-order valence-electron chi connectivity index (χ0n) is 15.6. The number of hydrogen-bond donors (Lipinski definition) is 2. The van der Waals surface area contributed by atoms with Gasteiger partial charge in [-0.1, -0.05) is 66.2 Å². The van der Waals surface area contributed by atoms with Crippen LogP contribution in [-0.2, 0) is 11.3 Å². The number of benzene rings is 3. The van der Waals surface area contributed by atoms with Crippen molar-refractivity contribution < 1.29 is 9.59 Å². The van der Waals surface area contributed by atoms with Crippen molar-refractivity contribution in [1.29, 1.82) is 0 Å². The highest BCUT2D eigenvalue weighted by atomic mass is 16.2. The van der Waals surface area contributed by atoms with Crippen LogP contribution >= 0.6 is 0 Å². The van der Waals surface area contributed by atoms with E-state index in [0.29, 0.717) is 12.2 Å². The third-order valence-electron chi connectivity index (χ3n) is 4.82. The number of carbonyl (C=O) groups excluding carboxylic acids is 2. The quantitative estimate of drug-likeness (QED) is 0.714. The maximum atomic E-state index is 13.1. The summed E-state index contributed by atoms with van der Waals surface area (Å²) in [7, 11) is 0. The predicted octanol–water partition coefficient (Wildman–Crippen LogP) is 4.40. The van der Waals surface area contributed by atoms with E-state index in [-0.39, 0.29) is 5.91 Å². The van der Waals surface area contributed by atoms with Gasteiger partial charge < -0.3 is 15.5 Å². The fourth-order valence-corrected chi connectivity index (χ4v) is 3.39. The summed E-state index contributed by atoms with van der Waals surface area (Å²) in [6.45, 7) is 2.45. The highest BCUT2D eigenvalue weighted by Crippen LogP contribution is 2.36. The number of amides is 3. The molecule has 0 bridgehead atoms. The Morgan fingerprint density at radius 3 is 2.36 bits per heavy atom. The first-order chi connectivity index (χ1) is 13.6. The lowest BCUT2D eigenvalue weighted by Crippen LogP contribution is -2.39. The Balaban J connectivity index is 1.53. The van der Waals surface area contributed by atoms with Crippen LogP contribution in [0.3, 0.4) is 0 Å². The van der Waals surface area contributed by atoms with Gasteiger partial charge in [0.25, 0.3) is 5.91 Å². The van der Waals surface area contributed by atoms with Crippen LogP contribution in [-0.4, -0.2) is 11.9 Å². The number of fused-ring (bicyclic) bond motifs is 1. The first-order valence-electron chi connectivity index (χ1n) is 9.20. The molecule has 3 aromatic rings. The standard InChI is InChI=1S/C23H21N3O2/c1-16-11-13-18(14-12-16)24-23(28)25-21-19-9-5-6-10-20(19)26(22(21)27)15-17-7-3-2-4-8-17/h2-14,21H,15H2,1H3,(H2,24,25,28). The molecular formula is C23H21N3O2. The summed E-state index contributed by atoms with van der Waals surface area (Å²) in [5.41, 5.74) is 4.47. The lowest BCUT2D eigenvalue weighted by molar-refractivity contribution is -0.119. The van der Waals surface area contributed by atoms with Gasteiger partial charge in [0, 0.05) is 16.9 Å². The molecule has 3 aromatic carbocycles. The summed E-state index contributed by atoms with van der Waals surface area (Å²) in [6.07, 6.45) is 0. The Bertz CT molecular complexity index is 1000. The van der Waals surface area contributed by atoms with Gasteiger partial charge in [-0.25, -0.2) is 4.79 Å². The lowest BCUT2D eigenvalue weighted by atomic mass is 10.1. The first kappa shape index (κ1) is 17.8. The van der Waals surface area contributed by atoms with Crippen LogP contribution in [0.2, 0.25) is 0 Å². The molecular weight excluding hydrogens is 350 g/mol. The van der Waals surface area contributed by atoms with Crippen molar-refractivity contribution in [1.82, 2.24) is 5.32 Å².